The Hall–Kier alpha value is -2.59. The van der Waals surface area contributed by atoms with Gasteiger partial charge in [-0.15, -0.1) is 0 Å². The zero-order valence-corrected chi connectivity index (χ0v) is 19.9. The number of aryl methyl sites for hydroxylation is 1. The molecule has 0 N–H and O–H groups in total. The highest BCUT2D eigenvalue weighted by Crippen LogP contribution is 2.37. The molecular weight excluding hydrogens is 537 g/mol. The van der Waals surface area contributed by atoms with Crippen LogP contribution in [0.2, 0.25) is 5.02 Å². The minimum absolute atomic E-state index is 0.132. The number of hydrogen-bond acceptors (Lipinski definition) is 7. The fraction of sp³-hybridized carbons (Fsp3) is 0.227. The van der Waals surface area contributed by atoms with Crippen molar-refractivity contribution in [3.8, 4) is 11.5 Å². The molecule has 1 aliphatic heterocycles. The lowest BCUT2D eigenvalue weighted by molar-refractivity contribution is -0.143. The van der Waals surface area contributed by atoms with Crippen LogP contribution in [0.4, 0.5) is 0 Å². The number of methoxy groups -OCH3 is 1. The molecule has 0 amide bonds. The van der Waals surface area contributed by atoms with Gasteiger partial charge >= 0.3 is 11.9 Å². The van der Waals surface area contributed by atoms with Gasteiger partial charge in [0.25, 0.3) is 0 Å². The van der Waals surface area contributed by atoms with Crippen molar-refractivity contribution in [1.29, 1.82) is 0 Å². The number of rotatable bonds is 7. The summed E-state index contributed by atoms with van der Waals surface area (Å²) >= 11 is 8.57. The number of aliphatic imine (C=N–C) groups is 1. The fourth-order valence-corrected chi connectivity index (χ4v) is 3.34. The average Bonchev–Trinajstić information content (AvgIpc) is 3.09. The van der Waals surface area contributed by atoms with Crippen molar-refractivity contribution in [3.05, 3.63) is 61.3 Å². The van der Waals surface area contributed by atoms with Crippen LogP contribution in [-0.4, -0.2) is 38.2 Å². The Morgan fingerprint density at radius 3 is 2.71 bits per heavy atom. The second-order valence-corrected chi connectivity index (χ2v) is 8.00. The first-order valence-electron chi connectivity index (χ1n) is 9.27. The highest BCUT2D eigenvalue weighted by atomic mass is 127. The maximum Gasteiger partial charge on any atom is 0.363 e. The molecule has 0 atom stereocenters. The topological polar surface area (TPSA) is 83.4 Å². The third-order valence-corrected chi connectivity index (χ3v) is 5.71. The van der Waals surface area contributed by atoms with Crippen molar-refractivity contribution in [2.75, 3.05) is 20.3 Å². The number of cyclic esters (lactones) is 1. The maximum atomic E-state index is 12.3. The summed E-state index contributed by atoms with van der Waals surface area (Å²) in [5, 5.41) is 0.213. The van der Waals surface area contributed by atoms with Gasteiger partial charge in [-0.05, 0) is 84.0 Å². The lowest BCUT2D eigenvalue weighted by atomic mass is 10.1. The van der Waals surface area contributed by atoms with Gasteiger partial charge in [0.1, 0.15) is 0 Å². The normalized spacial score (nSPS) is 14.3. The Morgan fingerprint density at radius 2 is 2.03 bits per heavy atom. The van der Waals surface area contributed by atoms with E-state index >= 15 is 0 Å². The number of carbonyl (C=O) groups excluding carboxylic acids is 2. The summed E-state index contributed by atoms with van der Waals surface area (Å²) < 4.78 is 22.0. The summed E-state index contributed by atoms with van der Waals surface area (Å²) in [6.07, 6.45) is 1.55. The third-order valence-electron chi connectivity index (χ3n) is 4.22. The first-order chi connectivity index (χ1) is 14.8. The third kappa shape index (κ3) is 5.56. The highest BCUT2D eigenvalue weighted by Gasteiger charge is 2.25. The maximum absolute atomic E-state index is 12.3. The first-order valence-corrected chi connectivity index (χ1v) is 10.7. The van der Waals surface area contributed by atoms with E-state index in [2.05, 4.69) is 32.3 Å². The molecule has 1 aliphatic rings. The van der Waals surface area contributed by atoms with Crippen LogP contribution in [0.5, 0.6) is 11.5 Å². The van der Waals surface area contributed by atoms with Crippen molar-refractivity contribution in [2.24, 2.45) is 4.99 Å². The molecular formula is C22H19ClINO6. The molecule has 0 aromatic heterocycles. The van der Waals surface area contributed by atoms with Gasteiger partial charge in [-0.2, -0.15) is 0 Å². The number of hydrogen-bond donors (Lipinski definition) is 0. The largest absolute Gasteiger partial charge is 0.490 e. The molecule has 0 saturated heterocycles. The number of ether oxygens (including phenoxy) is 4. The van der Waals surface area contributed by atoms with Gasteiger partial charge in [0.2, 0.25) is 5.90 Å². The molecule has 7 nitrogen and oxygen atoms in total. The predicted molar refractivity (Wildman–Crippen MR) is 125 cm³/mol. The van der Waals surface area contributed by atoms with E-state index in [9.17, 15) is 9.59 Å². The van der Waals surface area contributed by atoms with Gasteiger partial charge in [0.15, 0.2) is 23.8 Å². The molecule has 0 fully saturated rings. The van der Waals surface area contributed by atoms with Crippen molar-refractivity contribution in [3.63, 3.8) is 0 Å². The minimum Gasteiger partial charge on any atom is -0.490 e. The van der Waals surface area contributed by atoms with Crippen LogP contribution in [0.15, 0.2) is 41.0 Å². The lowest BCUT2D eigenvalue weighted by Crippen LogP contribution is -2.13. The van der Waals surface area contributed by atoms with Crippen molar-refractivity contribution < 1.29 is 28.5 Å². The van der Waals surface area contributed by atoms with E-state index in [1.54, 1.807) is 25.1 Å². The van der Waals surface area contributed by atoms with E-state index in [0.717, 1.165) is 9.13 Å². The SMILES string of the molecule is CCOc1cc(/C=C2\N=C(c3ccc(I)c(C)c3)OC2=O)cc(Cl)c1OCC(=O)OC. The molecule has 0 spiro atoms. The average molecular weight is 556 g/mol. The number of halogens is 2. The molecule has 0 bridgehead atoms. The Labute approximate surface area is 198 Å². The lowest BCUT2D eigenvalue weighted by Gasteiger charge is -2.13. The zero-order chi connectivity index (χ0) is 22.5. The Balaban J connectivity index is 1.92. The van der Waals surface area contributed by atoms with E-state index < -0.39 is 11.9 Å². The highest BCUT2D eigenvalue weighted by molar-refractivity contribution is 14.1. The zero-order valence-electron chi connectivity index (χ0n) is 17.0. The molecule has 9 heteroatoms. The summed E-state index contributed by atoms with van der Waals surface area (Å²) in [6, 6.07) is 8.92. The van der Waals surface area contributed by atoms with Crippen molar-refractivity contribution in [2.45, 2.75) is 13.8 Å². The van der Waals surface area contributed by atoms with Crippen molar-refractivity contribution >= 4 is 58.1 Å². The van der Waals surface area contributed by atoms with E-state index in [-0.39, 0.29) is 29.0 Å². The predicted octanol–water partition coefficient (Wildman–Crippen LogP) is 4.55. The Bertz CT molecular complexity index is 1100. The van der Waals surface area contributed by atoms with E-state index in [0.29, 0.717) is 23.5 Å². The smallest absolute Gasteiger partial charge is 0.363 e. The molecule has 0 aliphatic carbocycles. The summed E-state index contributed by atoms with van der Waals surface area (Å²) in [5.41, 5.74) is 2.47. The van der Waals surface area contributed by atoms with Crippen LogP contribution in [0.25, 0.3) is 6.08 Å². The van der Waals surface area contributed by atoms with Crippen LogP contribution in [-0.2, 0) is 19.1 Å². The van der Waals surface area contributed by atoms with Gasteiger partial charge in [0.05, 0.1) is 18.7 Å². The summed E-state index contributed by atoms with van der Waals surface area (Å²) in [7, 11) is 1.26. The minimum atomic E-state index is -0.564. The quantitative estimate of drug-likeness (QED) is 0.283. The molecule has 2 aromatic carbocycles. The number of nitrogens with zero attached hydrogens (tertiary/aromatic N) is 1. The second kappa shape index (κ2) is 10.1. The van der Waals surface area contributed by atoms with Crippen LogP contribution in [0.1, 0.15) is 23.6 Å². The van der Waals surface area contributed by atoms with Gasteiger partial charge in [-0.25, -0.2) is 14.6 Å². The monoisotopic (exact) mass is 555 g/mol. The molecule has 0 saturated carbocycles. The number of benzene rings is 2. The van der Waals surface area contributed by atoms with E-state index in [1.807, 2.05) is 25.1 Å². The molecule has 162 valence electrons. The molecule has 0 unspecified atom stereocenters. The van der Waals surface area contributed by atoms with Crippen LogP contribution in [0.3, 0.4) is 0 Å². The molecule has 1 heterocycles. The van der Waals surface area contributed by atoms with Gasteiger partial charge in [-0.3, -0.25) is 0 Å². The standard InChI is InChI=1S/C22H19ClINO6/c1-4-29-18-10-13(8-15(23)20(18)30-11-19(26)28-3)9-17-22(27)31-21(25-17)14-5-6-16(24)12(2)7-14/h5-10H,4,11H2,1-3H3/b17-9-. The fourth-order valence-electron chi connectivity index (χ4n) is 2.73. The first kappa shape index (κ1) is 23.1. The van der Waals surface area contributed by atoms with Gasteiger partial charge in [-0.1, -0.05) is 11.6 Å². The van der Waals surface area contributed by atoms with Crippen molar-refractivity contribution in [1.82, 2.24) is 0 Å². The van der Waals surface area contributed by atoms with Crippen LogP contribution >= 0.6 is 34.2 Å². The summed E-state index contributed by atoms with van der Waals surface area (Å²) in [4.78, 5) is 28.1. The van der Waals surface area contributed by atoms with E-state index in [4.69, 9.17) is 25.8 Å². The molecule has 31 heavy (non-hydrogen) atoms. The number of carbonyl (C=O) groups is 2. The van der Waals surface area contributed by atoms with Gasteiger partial charge in [0, 0.05) is 9.13 Å². The molecule has 0 radical (unpaired) electrons. The van der Waals surface area contributed by atoms with E-state index in [1.165, 1.54) is 7.11 Å². The number of esters is 2. The summed E-state index contributed by atoms with van der Waals surface area (Å²) in [6.45, 7) is 3.81. The Morgan fingerprint density at radius 1 is 1.26 bits per heavy atom. The summed E-state index contributed by atoms with van der Waals surface area (Å²) in [5.74, 6) is -0.333. The Kier molecular flexibility index (Phi) is 7.55. The van der Waals surface area contributed by atoms with Gasteiger partial charge < -0.3 is 18.9 Å². The van der Waals surface area contributed by atoms with Crippen LogP contribution < -0.4 is 9.47 Å². The molecule has 2 aromatic rings. The second-order valence-electron chi connectivity index (χ2n) is 6.43. The van der Waals surface area contributed by atoms with Crippen LogP contribution in [0, 0.1) is 10.5 Å². The molecule has 3 rings (SSSR count).